The van der Waals surface area contributed by atoms with E-state index in [9.17, 15) is 0 Å². The molecule has 0 nitrogen and oxygen atoms in total. The Morgan fingerprint density at radius 3 is 1.82 bits per heavy atom. The van der Waals surface area contributed by atoms with E-state index in [1.807, 2.05) is 30.3 Å². The predicted molar refractivity (Wildman–Crippen MR) is 78.4 cm³/mol. The number of alkyl halides is 2. The Balaban J connectivity index is 2.03. The zero-order valence-corrected chi connectivity index (χ0v) is 12.0. The van der Waals surface area contributed by atoms with Crippen LogP contribution in [0.25, 0.3) is 0 Å². The molecule has 0 fully saturated rings. The molecule has 0 spiro atoms. The van der Waals surface area contributed by atoms with Crippen LogP contribution in [0.5, 0.6) is 0 Å². The van der Waals surface area contributed by atoms with Gasteiger partial charge in [-0.25, -0.2) is 0 Å². The summed E-state index contributed by atoms with van der Waals surface area (Å²) in [5, 5.41) is 0. The maximum Gasteiger partial charge on any atom is 0.157 e. The van der Waals surface area contributed by atoms with Gasteiger partial charge in [-0.1, -0.05) is 64.9 Å². The summed E-state index contributed by atoms with van der Waals surface area (Å²) in [5.74, 6) is 0. The Hall–Kier alpha value is -0.280. The number of thioether (sulfide) groups is 1. The highest BCUT2D eigenvalue weighted by molar-refractivity contribution is 8.02. The Bertz CT molecular complexity index is 455. The summed E-state index contributed by atoms with van der Waals surface area (Å²) in [6.45, 7) is 0. The van der Waals surface area contributed by atoms with Crippen LogP contribution in [-0.4, -0.2) is 4.17 Å². The predicted octanol–water partition coefficient (Wildman–Crippen LogP) is 5.69. The van der Waals surface area contributed by atoms with Crippen molar-refractivity contribution in [3.8, 4) is 0 Å². The Kier molecular flexibility index (Phi) is 5.11. The van der Waals surface area contributed by atoms with Gasteiger partial charge in [0, 0.05) is 14.7 Å². The fraction of sp³-hybridized carbons (Fsp3) is 0.0769. The maximum absolute atomic E-state index is 5.71. The minimum absolute atomic E-state index is 0.414. The first kappa shape index (κ1) is 13.2. The third-order valence-corrected chi connectivity index (χ3v) is 4.30. The van der Waals surface area contributed by atoms with E-state index in [4.69, 9.17) is 23.2 Å². The molecule has 0 bridgehead atoms. The highest BCUT2D eigenvalue weighted by atomic mass is 35.5. The average molecular weight is 301 g/mol. The van der Waals surface area contributed by atoms with Gasteiger partial charge < -0.3 is 0 Å². The molecule has 0 N–H and O–H groups in total. The van der Waals surface area contributed by atoms with Gasteiger partial charge in [0.15, 0.2) is 4.17 Å². The van der Waals surface area contributed by atoms with Gasteiger partial charge >= 0.3 is 0 Å². The van der Waals surface area contributed by atoms with Crippen LogP contribution in [0, 0.1) is 0 Å². The molecule has 0 aliphatic carbocycles. The summed E-state index contributed by atoms with van der Waals surface area (Å²) >= 11 is 14.6. The van der Waals surface area contributed by atoms with E-state index in [1.165, 1.54) is 21.6 Å². The molecule has 0 atom stereocenters. The van der Waals surface area contributed by atoms with Crippen molar-refractivity contribution in [3.63, 3.8) is 0 Å². The molecule has 0 saturated carbocycles. The zero-order valence-electron chi connectivity index (χ0n) is 8.85. The molecule has 2 aromatic carbocycles. The van der Waals surface area contributed by atoms with Gasteiger partial charge in [0.05, 0.1) is 0 Å². The molecule has 17 heavy (non-hydrogen) atoms. The van der Waals surface area contributed by atoms with Crippen LogP contribution in [0.1, 0.15) is 0 Å². The molecule has 0 radical (unpaired) electrons. The van der Waals surface area contributed by atoms with E-state index in [1.54, 1.807) is 11.8 Å². The quantitative estimate of drug-likeness (QED) is 0.525. The first-order valence-corrected chi connectivity index (χ1v) is 7.59. The van der Waals surface area contributed by atoms with Gasteiger partial charge in [0.25, 0.3) is 0 Å². The van der Waals surface area contributed by atoms with E-state index < -0.39 is 4.17 Å². The van der Waals surface area contributed by atoms with Crippen molar-refractivity contribution in [2.45, 2.75) is 18.9 Å². The van der Waals surface area contributed by atoms with Crippen molar-refractivity contribution in [2.75, 3.05) is 0 Å². The van der Waals surface area contributed by atoms with Gasteiger partial charge in [0.1, 0.15) is 0 Å². The fourth-order valence-corrected chi connectivity index (χ4v) is 3.27. The smallest absolute Gasteiger partial charge is 0.0928 e. The van der Waals surface area contributed by atoms with Gasteiger partial charge in [-0.2, -0.15) is 0 Å². The lowest BCUT2D eigenvalue weighted by molar-refractivity contribution is 1.34. The topological polar surface area (TPSA) is 0 Å². The largest absolute Gasteiger partial charge is 0.157 e. The van der Waals surface area contributed by atoms with E-state index in [-0.39, 0.29) is 0 Å². The van der Waals surface area contributed by atoms with Crippen LogP contribution >= 0.6 is 46.7 Å². The van der Waals surface area contributed by atoms with E-state index in [0.717, 1.165) is 4.90 Å². The SMILES string of the molecule is ClC(Cl)Sc1ccc(Sc2ccccc2)cc1. The molecule has 2 rings (SSSR count). The third kappa shape index (κ3) is 4.47. The number of hydrogen-bond donors (Lipinski definition) is 0. The summed E-state index contributed by atoms with van der Waals surface area (Å²) in [6.07, 6.45) is 0. The molecule has 0 aliphatic heterocycles. The minimum atomic E-state index is -0.414. The fourth-order valence-electron chi connectivity index (χ4n) is 1.31. The lowest BCUT2D eigenvalue weighted by atomic mass is 10.4. The van der Waals surface area contributed by atoms with Gasteiger partial charge in [0.2, 0.25) is 0 Å². The Labute approximate surface area is 120 Å². The summed E-state index contributed by atoms with van der Waals surface area (Å²) < 4.78 is -0.414. The number of halogens is 2. The molecule has 0 unspecified atom stereocenters. The van der Waals surface area contributed by atoms with E-state index >= 15 is 0 Å². The molecule has 0 aliphatic rings. The molecule has 4 heteroatoms. The lowest BCUT2D eigenvalue weighted by Crippen LogP contribution is -1.78. The van der Waals surface area contributed by atoms with Crippen molar-refractivity contribution in [1.29, 1.82) is 0 Å². The lowest BCUT2D eigenvalue weighted by Gasteiger charge is -2.04. The van der Waals surface area contributed by atoms with Crippen molar-refractivity contribution < 1.29 is 0 Å². The first-order valence-electron chi connectivity index (χ1n) is 5.02. The molecular weight excluding hydrogens is 291 g/mol. The van der Waals surface area contributed by atoms with Crippen molar-refractivity contribution in [3.05, 3.63) is 54.6 Å². The van der Waals surface area contributed by atoms with Crippen molar-refractivity contribution in [1.82, 2.24) is 0 Å². The summed E-state index contributed by atoms with van der Waals surface area (Å²) in [5.41, 5.74) is 0. The number of hydrogen-bond acceptors (Lipinski definition) is 2. The molecule has 88 valence electrons. The van der Waals surface area contributed by atoms with Gasteiger partial charge in [-0.3, -0.25) is 0 Å². The van der Waals surface area contributed by atoms with Crippen LogP contribution in [0.3, 0.4) is 0 Å². The van der Waals surface area contributed by atoms with Crippen LogP contribution < -0.4 is 0 Å². The summed E-state index contributed by atoms with van der Waals surface area (Å²) in [6, 6.07) is 18.5. The second kappa shape index (κ2) is 6.60. The maximum atomic E-state index is 5.71. The zero-order chi connectivity index (χ0) is 12.1. The highest BCUT2D eigenvalue weighted by Gasteiger charge is 2.02. The second-order valence-corrected chi connectivity index (χ2v) is 7.20. The molecule has 0 saturated heterocycles. The Morgan fingerprint density at radius 1 is 0.706 bits per heavy atom. The molecule has 0 aromatic heterocycles. The van der Waals surface area contributed by atoms with Crippen LogP contribution in [0.15, 0.2) is 69.3 Å². The first-order chi connectivity index (χ1) is 8.24. The van der Waals surface area contributed by atoms with Gasteiger partial charge in [-0.05, 0) is 36.4 Å². The van der Waals surface area contributed by atoms with Crippen molar-refractivity contribution in [2.24, 2.45) is 0 Å². The number of benzene rings is 2. The van der Waals surface area contributed by atoms with E-state index in [0.29, 0.717) is 0 Å². The molecule has 0 amide bonds. The normalized spacial score (nSPS) is 10.8. The summed E-state index contributed by atoms with van der Waals surface area (Å²) in [4.78, 5) is 3.53. The summed E-state index contributed by atoms with van der Waals surface area (Å²) in [7, 11) is 0. The average Bonchev–Trinajstić information content (AvgIpc) is 2.32. The standard InChI is InChI=1S/C13H10Cl2S2/c14-13(15)17-12-8-6-11(7-9-12)16-10-4-2-1-3-5-10/h1-9,13H. The molecule has 2 aromatic rings. The number of rotatable bonds is 4. The van der Waals surface area contributed by atoms with Crippen molar-refractivity contribution >= 4 is 46.7 Å². The monoisotopic (exact) mass is 300 g/mol. The van der Waals surface area contributed by atoms with Gasteiger partial charge in [-0.15, -0.1) is 0 Å². The Morgan fingerprint density at radius 2 is 1.24 bits per heavy atom. The van der Waals surface area contributed by atoms with Crippen LogP contribution in [0.2, 0.25) is 0 Å². The third-order valence-electron chi connectivity index (χ3n) is 2.03. The minimum Gasteiger partial charge on any atom is -0.0928 e. The molecule has 0 heterocycles. The van der Waals surface area contributed by atoms with Crippen LogP contribution in [0.4, 0.5) is 0 Å². The van der Waals surface area contributed by atoms with E-state index in [2.05, 4.69) is 24.3 Å². The highest BCUT2D eigenvalue weighted by Crippen LogP contribution is 2.32. The second-order valence-electron chi connectivity index (χ2n) is 3.27. The molecular formula is C13H10Cl2S2. The van der Waals surface area contributed by atoms with Crippen LogP contribution in [-0.2, 0) is 0 Å².